The number of carbonyl (C=O) groups is 1. The number of rotatable bonds is 1. The van der Waals surface area contributed by atoms with Gasteiger partial charge in [-0.15, -0.1) is 0 Å². The summed E-state index contributed by atoms with van der Waals surface area (Å²) >= 11 is 6.53. The summed E-state index contributed by atoms with van der Waals surface area (Å²) in [6.07, 6.45) is 2.42. The van der Waals surface area contributed by atoms with Crippen LogP contribution in [0.2, 0.25) is 0 Å². The fourth-order valence-electron chi connectivity index (χ4n) is 1.25. The summed E-state index contributed by atoms with van der Waals surface area (Å²) in [6.45, 7) is 3.84. The highest BCUT2D eigenvalue weighted by molar-refractivity contribution is 9.28. The lowest BCUT2D eigenvalue weighted by Crippen LogP contribution is -2.26. The van der Waals surface area contributed by atoms with Crippen molar-refractivity contribution in [3.63, 3.8) is 0 Å². The van der Waals surface area contributed by atoms with E-state index in [1.165, 1.54) is 0 Å². The molecule has 1 unspecified atom stereocenters. The summed E-state index contributed by atoms with van der Waals surface area (Å²) in [5.41, 5.74) is -0.371. The minimum Gasteiger partial charge on any atom is -0.459 e. The van der Waals surface area contributed by atoms with Gasteiger partial charge in [0.1, 0.15) is 5.60 Å². The molecule has 12 heavy (non-hydrogen) atoms. The molecule has 1 aliphatic heterocycles. The molecular formula is C8H10Br2O2. The molecule has 0 aromatic carbocycles. The standard InChI is InChI=1S/C8H10Br2O2/c1-8(2)5(3-6(9)10)4-7(11)12-8/h3,5H,4H2,1-2H3. The van der Waals surface area contributed by atoms with Crippen LogP contribution in [0.25, 0.3) is 0 Å². The molecule has 0 radical (unpaired) electrons. The monoisotopic (exact) mass is 296 g/mol. The van der Waals surface area contributed by atoms with Gasteiger partial charge in [-0.1, -0.05) is 6.08 Å². The minimum absolute atomic E-state index is 0.123. The largest absolute Gasteiger partial charge is 0.459 e. The maximum atomic E-state index is 11.0. The maximum Gasteiger partial charge on any atom is 0.307 e. The highest BCUT2D eigenvalue weighted by Gasteiger charge is 2.40. The Morgan fingerprint density at radius 2 is 2.25 bits per heavy atom. The molecule has 1 heterocycles. The number of hydrogen-bond donors (Lipinski definition) is 0. The molecule has 68 valence electrons. The molecule has 0 bridgehead atoms. The fourth-order valence-corrected chi connectivity index (χ4v) is 1.89. The van der Waals surface area contributed by atoms with Gasteiger partial charge in [0.05, 0.1) is 9.81 Å². The Morgan fingerprint density at radius 1 is 1.67 bits per heavy atom. The van der Waals surface area contributed by atoms with Gasteiger partial charge in [0.2, 0.25) is 0 Å². The first-order valence-corrected chi connectivity index (χ1v) is 5.25. The van der Waals surface area contributed by atoms with Crippen molar-refractivity contribution in [3.05, 3.63) is 9.47 Å². The highest BCUT2D eigenvalue weighted by Crippen LogP contribution is 2.35. The number of hydrogen-bond acceptors (Lipinski definition) is 2. The molecule has 2 nitrogen and oxygen atoms in total. The Kier molecular flexibility index (Phi) is 2.99. The second-order valence-electron chi connectivity index (χ2n) is 3.34. The van der Waals surface area contributed by atoms with E-state index in [1.807, 2.05) is 19.9 Å². The summed E-state index contributed by atoms with van der Waals surface area (Å²) in [5.74, 6) is 0.0289. The van der Waals surface area contributed by atoms with Crippen molar-refractivity contribution in [3.8, 4) is 0 Å². The number of cyclic esters (lactones) is 1. The SMILES string of the molecule is CC1(C)OC(=O)CC1C=C(Br)Br. The molecule has 0 amide bonds. The lowest BCUT2D eigenvalue weighted by atomic mass is 9.91. The number of carbonyl (C=O) groups excluding carboxylic acids is 1. The van der Waals surface area contributed by atoms with Crippen LogP contribution in [0.3, 0.4) is 0 Å². The molecule has 0 aromatic rings. The van der Waals surface area contributed by atoms with E-state index in [0.717, 1.165) is 3.39 Å². The van der Waals surface area contributed by atoms with Gasteiger partial charge in [0, 0.05) is 5.92 Å². The van der Waals surface area contributed by atoms with Crippen molar-refractivity contribution in [1.82, 2.24) is 0 Å². The van der Waals surface area contributed by atoms with E-state index in [0.29, 0.717) is 6.42 Å². The van der Waals surface area contributed by atoms with E-state index in [1.54, 1.807) is 0 Å². The van der Waals surface area contributed by atoms with Gasteiger partial charge in [-0.2, -0.15) is 0 Å². The quantitative estimate of drug-likeness (QED) is 0.696. The Hall–Kier alpha value is 0.170. The second-order valence-corrected chi connectivity index (χ2v) is 6.12. The molecule has 0 aromatic heterocycles. The Balaban J connectivity index is 2.78. The van der Waals surface area contributed by atoms with Gasteiger partial charge in [-0.3, -0.25) is 4.79 Å². The van der Waals surface area contributed by atoms with Gasteiger partial charge in [-0.05, 0) is 45.7 Å². The molecule has 1 atom stereocenters. The zero-order valence-electron chi connectivity index (χ0n) is 6.93. The summed E-state index contributed by atoms with van der Waals surface area (Å²) in [4.78, 5) is 11.0. The van der Waals surface area contributed by atoms with E-state index < -0.39 is 0 Å². The lowest BCUT2D eigenvalue weighted by Gasteiger charge is -2.21. The van der Waals surface area contributed by atoms with E-state index in [-0.39, 0.29) is 17.5 Å². The molecule has 1 saturated heterocycles. The Labute approximate surface area is 88.6 Å². The third-order valence-corrected chi connectivity index (χ3v) is 2.51. The third-order valence-electron chi connectivity index (χ3n) is 1.98. The molecule has 0 aliphatic carbocycles. The van der Waals surface area contributed by atoms with Crippen LogP contribution in [0.4, 0.5) is 0 Å². The minimum atomic E-state index is -0.371. The van der Waals surface area contributed by atoms with Gasteiger partial charge >= 0.3 is 5.97 Å². The number of ether oxygens (including phenoxy) is 1. The fraction of sp³-hybridized carbons (Fsp3) is 0.625. The molecule has 0 saturated carbocycles. The summed E-state index contributed by atoms with van der Waals surface area (Å²) in [5, 5.41) is 0. The lowest BCUT2D eigenvalue weighted by molar-refractivity contribution is -0.146. The maximum absolute atomic E-state index is 11.0. The smallest absolute Gasteiger partial charge is 0.307 e. The van der Waals surface area contributed by atoms with Crippen molar-refractivity contribution < 1.29 is 9.53 Å². The average molecular weight is 298 g/mol. The predicted molar refractivity (Wildman–Crippen MR) is 54.2 cm³/mol. The number of halogens is 2. The van der Waals surface area contributed by atoms with Crippen LogP contribution in [0, 0.1) is 5.92 Å². The van der Waals surface area contributed by atoms with Crippen molar-refractivity contribution in [1.29, 1.82) is 0 Å². The molecule has 0 spiro atoms. The van der Waals surface area contributed by atoms with Crippen molar-refractivity contribution in [2.24, 2.45) is 5.92 Å². The van der Waals surface area contributed by atoms with E-state index in [9.17, 15) is 4.79 Å². The van der Waals surface area contributed by atoms with Crippen LogP contribution in [0.5, 0.6) is 0 Å². The molecule has 1 aliphatic rings. The van der Waals surface area contributed by atoms with E-state index in [2.05, 4.69) is 31.9 Å². The average Bonchev–Trinajstić information content (AvgIpc) is 2.04. The zero-order chi connectivity index (χ0) is 9.35. The van der Waals surface area contributed by atoms with Gasteiger partial charge < -0.3 is 4.74 Å². The van der Waals surface area contributed by atoms with Crippen LogP contribution in [0.1, 0.15) is 20.3 Å². The number of esters is 1. The van der Waals surface area contributed by atoms with Crippen LogP contribution in [-0.4, -0.2) is 11.6 Å². The second kappa shape index (κ2) is 3.50. The molecular weight excluding hydrogens is 288 g/mol. The normalized spacial score (nSPS) is 26.7. The van der Waals surface area contributed by atoms with E-state index >= 15 is 0 Å². The van der Waals surface area contributed by atoms with Gasteiger partial charge in [0.15, 0.2) is 0 Å². The zero-order valence-corrected chi connectivity index (χ0v) is 10.1. The first kappa shape index (κ1) is 10.3. The van der Waals surface area contributed by atoms with Crippen LogP contribution in [0.15, 0.2) is 9.47 Å². The molecule has 1 fully saturated rings. The molecule has 0 N–H and O–H groups in total. The van der Waals surface area contributed by atoms with Crippen molar-refractivity contribution in [2.75, 3.05) is 0 Å². The molecule has 4 heteroatoms. The third kappa shape index (κ3) is 2.33. The van der Waals surface area contributed by atoms with Crippen LogP contribution >= 0.6 is 31.9 Å². The summed E-state index contributed by atoms with van der Waals surface area (Å²) < 4.78 is 6.00. The highest BCUT2D eigenvalue weighted by atomic mass is 79.9. The van der Waals surface area contributed by atoms with Crippen LogP contribution in [-0.2, 0) is 9.53 Å². The van der Waals surface area contributed by atoms with Crippen molar-refractivity contribution in [2.45, 2.75) is 25.9 Å². The first-order chi connectivity index (χ1) is 5.42. The summed E-state index contributed by atoms with van der Waals surface area (Å²) in [6, 6.07) is 0. The Morgan fingerprint density at radius 3 is 2.58 bits per heavy atom. The van der Waals surface area contributed by atoms with Gasteiger partial charge in [0.25, 0.3) is 0 Å². The Bertz CT molecular complexity index is 229. The molecule has 1 rings (SSSR count). The van der Waals surface area contributed by atoms with Crippen molar-refractivity contribution >= 4 is 37.8 Å². The van der Waals surface area contributed by atoms with Crippen LogP contribution < -0.4 is 0 Å². The predicted octanol–water partition coefficient (Wildman–Crippen LogP) is 2.96. The van der Waals surface area contributed by atoms with E-state index in [4.69, 9.17) is 4.74 Å². The topological polar surface area (TPSA) is 26.3 Å². The van der Waals surface area contributed by atoms with Gasteiger partial charge in [-0.25, -0.2) is 0 Å². The summed E-state index contributed by atoms with van der Waals surface area (Å²) in [7, 11) is 0. The first-order valence-electron chi connectivity index (χ1n) is 3.66.